The first-order valence-electron chi connectivity index (χ1n) is 9.87. The van der Waals surface area contributed by atoms with Crippen molar-refractivity contribution in [3.8, 4) is 17.2 Å². The van der Waals surface area contributed by atoms with Gasteiger partial charge in [0.1, 0.15) is 6.04 Å². The summed E-state index contributed by atoms with van der Waals surface area (Å²) in [5.74, 6) is 1.56. The molecule has 0 aliphatic carbocycles. The predicted molar refractivity (Wildman–Crippen MR) is 114 cm³/mol. The average Bonchev–Trinajstić information content (AvgIpc) is 2.73. The molecule has 0 bridgehead atoms. The van der Waals surface area contributed by atoms with Crippen molar-refractivity contribution < 1.29 is 23.9 Å². The molecule has 2 rings (SSSR count). The first kappa shape index (κ1) is 22.6. The van der Waals surface area contributed by atoms with E-state index >= 15 is 0 Å². The zero-order valence-electron chi connectivity index (χ0n) is 18.3. The molecule has 0 radical (unpaired) electrons. The molecule has 6 heteroatoms. The van der Waals surface area contributed by atoms with E-state index in [1.165, 1.54) is 16.0 Å². The summed E-state index contributed by atoms with van der Waals surface area (Å²) in [7, 11) is 8.89. The standard InChI is InChI=1S/C23H32N2O4/c1-7-16-8-10-18(11-9-16)19(25(2)3)15-24-22(26)14-17-12-20(27-4)23(29-6)21(13-17)28-5/h8-13,19H,7,14-15H2,1-6H3,(H,24,26)/p+1/t19-/m1/s1. The third-order valence-electron chi connectivity index (χ3n) is 5.08. The van der Waals surface area contributed by atoms with Crippen molar-refractivity contribution in [3.05, 3.63) is 53.1 Å². The van der Waals surface area contributed by atoms with Crippen molar-refractivity contribution in [2.24, 2.45) is 0 Å². The smallest absolute Gasteiger partial charge is 0.224 e. The fourth-order valence-electron chi connectivity index (χ4n) is 3.34. The van der Waals surface area contributed by atoms with Crippen molar-refractivity contribution in [2.45, 2.75) is 25.8 Å². The molecule has 0 unspecified atom stereocenters. The number of quaternary nitrogens is 1. The number of carbonyl (C=O) groups is 1. The number of nitrogens with one attached hydrogen (secondary N) is 2. The Morgan fingerprint density at radius 1 is 0.966 bits per heavy atom. The number of likely N-dealkylation sites (N-methyl/N-ethyl adjacent to an activating group) is 1. The third kappa shape index (κ3) is 5.87. The van der Waals surface area contributed by atoms with Crippen LogP contribution in [0.1, 0.15) is 29.7 Å². The van der Waals surface area contributed by atoms with E-state index in [0.717, 1.165) is 12.0 Å². The van der Waals surface area contributed by atoms with Gasteiger partial charge in [-0.05, 0) is 29.7 Å². The summed E-state index contributed by atoms with van der Waals surface area (Å²) < 4.78 is 16.1. The molecule has 0 saturated carbocycles. The summed E-state index contributed by atoms with van der Waals surface area (Å²) in [6.07, 6.45) is 1.26. The summed E-state index contributed by atoms with van der Waals surface area (Å²) in [6.45, 7) is 2.71. The second-order valence-electron chi connectivity index (χ2n) is 7.24. The molecule has 6 nitrogen and oxygen atoms in total. The number of rotatable bonds is 10. The number of amides is 1. The topological polar surface area (TPSA) is 61.2 Å². The normalized spacial score (nSPS) is 11.8. The van der Waals surface area contributed by atoms with Gasteiger partial charge in [0.25, 0.3) is 0 Å². The molecule has 0 heterocycles. The Morgan fingerprint density at radius 3 is 2.00 bits per heavy atom. The Morgan fingerprint density at radius 2 is 1.55 bits per heavy atom. The molecule has 2 N–H and O–H groups in total. The van der Waals surface area contributed by atoms with Gasteiger partial charge in [-0.25, -0.2) is 0 Å². The molecular formula is C23H33N2O4+. The molecular weight excluding hydrogens is 368 g/mol. The lowest BCUT2D eigenvalue weighted by molar-refractivity contribution is -0.890. The van der Waals surface area contributed by atoms with Gasteiger partial charge in [-0.3, -0.25) is 4.79 Å². The predicted octanol–water partition coefficient (Wildman–Crippen LogP) is 1.82. The molecule has 0 spiro atoms. The van der Waals surface area contributed by atoms with Crippen molar-refractivity contribution in [2.75, 3.05) is 42.0 Å². The Kier molecular flexibility index (Phi) is 8.34. The second kappa shape index (κ2) is 10.7. The van der Waals surface area contributed by atoms with E-state index in [1.807, 2.05) is 0 Å². The zero-order chi connectivity index (χ0) is 21.4. The summed E-state index contributed by atoms with van der Waals surface area (Å²) in [5.41, 5.74) is 3.33. The fraction of sp³-hybridized carbons (Fsp3) is 0.435. The monoisotopic (exact) mass is 401 g/mol. The number of hydrogen-bond donors (Lipinski definition) is 2. The highest BCUT2D eigenvalue weighted by molar-refractivity contribution is 5.79. The van der Waals surface area contributed by atoms with Crippen LogP contribution in [-0.4, -0.2) is 47.9 Å². The largest absolute Gasteiger partial charge is 0.493 e. The molecule has 0 aliphatic heterocycles. The van der Waals surface area contributed by atoms with Gasteiger partial charge >= 0.3 is 0 Å². The molecule has 0 saturated heterocycles. The summed E-state index contributed by atoms with van der Waals surface area (Å²) in [4.78, 5) is 13.9. The van der Waals surface area contributed by atoms with Gasteiger partial charge in [0, 0.05) is 5.56 Å². The first-order valence-corrected chi connectivity index (χ1v) is 9.87. The molecule has 2 aromatic rings. The van der Waals surface area contributed by atoms with E-state index in [0.29, 0.717) is 23.8 Å². The SMILES string of the molecule is CCc1ccc([C@@H](CNC(=O)Cc2cc(OC)c(OC)c(OC)c2)[NH+](C)C)cc1. The second-order valence-corrected chi connectivity index (χ2v) is 7.24. The summed E-state index contributed by atoms with van der Waals surface area (Å²) >= 11 is 0. The van der Waals surface area contributed by atoms with E-state index in [4.69, 9.17) is 14.2 Å². The van der Waals surface area contributed by atoms with E-state index < -0.39 is 0 Å². The van der Waals surface area contributed by atoms with E-state index in [2.05, 4.69) is 50.6 Å². The fourth-order valence-corrected chi connectivity index (χ4v) is 3.34. The van der Waals surface area contributed by atoms with Crippen LogP contribution in [0.4, 0.5) is 0 Å². The van der Waals surface area contributed by atoms with Gasteiger partial charge < -0.3 is 24.4 Å². The highest BCUT2D eigenvalue weighted by Crippen LogP contribution is 2.38. The van der Waals surface area contributed by atoms with Crippen LogP contribution in [0.15, 0.2) is 36.4 Å². The van der Waals surface area contributed by atoms with Crippen LogP contribution in [-0.2, 0) is 17.6 Å². The van der Waals surface area contributed by atoms with Gasteiger partial charge in [0.2, 0.25) is 11.7 Å². The van der Waals surface area contributed by atoms with Crippen molar-refractivity contribution in [1.82, 2.24) is 5.32 Å². The van der Waals surface area contributed by atoms with Gasteiger partial charge in [-0.1, -0.05) is 31.2 Å². The molecule has 1 amide bonds. The lowest BCUT2D eigenvalue weighted by Crippen LogP contribution is -3.07. The van der Waals surface area contributed by atoms with Gasteiger partial charge in [-0.2, -0.15) is 0 Å². The van der Waals surface area contributed by atoms with Gasteiger partial charge in [-0.15, -0.1) is 0 Å². The minimum absolute atomic E-state index is 0.0456. The molecule has 29 heavy (non-hydrogen) atoms. The van der Waals surface area contributed by atoms with Crippen LogP contribution < -0.4 is 24.4 Å². The van der Waals surface area contributed by atoms with Crippen molar-refractivity contribution in [1.29, 1.82) is 0 Å². The number of hydrogen-bond acceptors (Lipinski definition) is 4. The number of carbonyl (C=O) groups excluding carboxylic acids is 1. The maximum absolute atomic E-state index is 12.6. The van der Waals surface area contributed by atoms with Crippen LogP contribution in [0, 0.1) is 0 Å². The lowest BCUT2D eigenvalue weighted by atomic mass is 10.0. The first-order chi connectivity index (χ1) is 13.9. The molecule has 0 aromatic heterocycles. The quantitative estimate of drug-likeness (QED) is 0.638. The number of aryl methyl sites for hydroxylation is 1. The molecule has 158 valence electrons. The third-order valence-corrected chi connectivity index (χ3v) is 5.08. The van der Waals surface area contributed by atoms with Crippen molar-refractivity contribution in [3.63, 3.8) is 0 Å². The van der Waals surface area contributed by atoms with Crippen LogP contribution in [0.25, 0.3) is 0 Å². The van der Waals surface area contributed by atoms with Crippen molar-refractivity contribution >= 4 is 5.91 Å². The van der Waals surface area contributed by atoms with Gasteiger partial charge in [0.15, 0.2) is 11.5 Å². The minimum Gasteiger partial charge on any atom is -0.493 e. The Balaban J connectivity index is 2.07. The Labute approximate surface area is 173 Å². The summed E-state index contributed by atoms with van der Waals surface area (Å²) in [6, 6.07) is 12.4. The van der Waals surface area contributed by atoms with Crippen LogP contribution in [0.3, 0.4) is 0 Å². The van der Waals surface area contributed by atoms with Gasteiger partial charge in [0.05, 0.1) is 48.4 Å². The highest BCUT2D eigenvalue weighted by Gasteiger charge is 2.20. The molecule has 0 aliphatic rings. The Bertz CT molecular complexity index is 778. The number of methoxy groups -OCH3 is 3. The van der Waals surface area contributed by atoms with E-state index in [1.54, 1.807) is 33.5 Å². The van der Waals surface area contributed by atoms with E-state index in [9.17, 15) is 4.79 Å². The molecule has 1 atom stereocenters. The maximum Gasteiger partial charge on any atom is 0.224 e. The molecule has 2 aromatic carbocycles. The molecule has 0 fully saturated rings. The minimum atomic E-state index is -0.0456. The Hall–Kier alpha value is -2.73. The maximum atomic E-state index is 12.6. The van der Waals surface area contributed by atoms with Crippen LogP contribution >= 0.6 is 0 Å². The van der Waals surface area contributed by atoms with E-state index in [-0.39, 0.29) is 18.4 Å². The average molecular weight is 402 g/mol. The zero-order valence-corrected chi connectivity index (χ0v) is 18.3. The van der Waals surface area contributed by atoms with Crippen LogP contribution in [0.2, 0.25) is 0 Å². The summed E-state index contributed by atoms with van der Waals surface area (Å²) in [5, 5.41) is 3.07. The van der Waals surface area contributed by atoms with Crippen LogP contribution in [0.5, 0.6) is 17.2 Å². The highest BCUT2D eigenvalue weighted by atomic mass is 16.5. The number of benzene rings is 2. The lowest BCUT2D eigenvalue weighted by Gasteiger charge is -2.22. The number of ether oxygens (including phenoxy) is 3.